The minimum atomic E-state index is -0.593. The number of rotatable bonds is 5. The van der Waals surface area contributed by atoms with Gasteiger partial charge < -0.3 is 10.6 Å². The molecule has 0 aliphatic heterocycles. The zero-order valence-corrected chi connectivity index (χ0v) is 11.2. The number of nitrogen functional groups attached to an aromatic ring is 1. The molecule has 0 radical (unpaired) electrons. The predicted octanol–water partition coefficient (Wildman–Crippen LogP) is 2.42. The number of hydrogen-bond acceptors (Lipinski definition) is 3. The minimum absolute atomic E-state index is 0.0430. The van der Waals surface area contributed by atoms with E-state index >= 15 is 0 Å². The first-order valence-corrected chi connectivity index (χ1v) is 6.17. The van der Waals surface area contributed by atoms with Crippen LogP contribution in [0.4, 0.5) is 10.1 Å². The van der Waals surface area contributed by atoms with Gasteiger partial charge in [-0.2, -0.15) is 5.26 Å². The highest BCUT2D eigenvalue weighted by atomic mass is 19.1. The summed E-state index contributed by atoms with van der Waals surface area (Å²) in [6, 6.07) is 5.91. The average Bonchev–Trinajstić information content (AvgIpc) is 2.36. The molecule has 5 heteroatoms. The zero-order chi connectivity index (χ0) is 14.4. The van der Waals surface area contributed by atoms with Crippen LogP contribution in [0.1, 0.15) is 30.6 Å². The number of amides is 1. The Labute approximate surface area is 112 Å². The molecule has 1 amide bonds. The van der Waals surface area contributed by atoms with Crippen molar-refractivity contribution in [1.29, 1.82) is 5.26 Å². The molecule has 0 aliphatic carbocycles. The third-order valence-electron chi connectivity index (χ3n) is 2.59. The van der Waals surface area contributed by atoms with E-state index in [1.165, 1.54) is 23.1 Å². The predicted molar refractivity (Wildman–Crippen MR) is 71.8 cm³/mol. The maximum absolute atomic E-state index is 13.7. The molecular weight excluding hydrogens is 245 g/mol. The van der Waals surface area contributed by atoms with Gasteiger partial charge in [0, 0.05) is 18.8 Å². The summed E-state index contributed by atoms with van der Waals surface area (Å²) < 4.78 is 13.7. The van der Waals surface area contributed by atoms with E-state index in [1.807, 2.05) is 19.9 Å². The molecule has 102 valence electrons. The fraction of sp³-hybridized carbons (Fsp3) is 0.429. The van der Waals surface area contributed by atoms with Gasteiger partial charge in [0.15, 0.2) is 0 Å². The number of nitrogens with zero attached hydrogens (tertiary/aromatic N) is 2. The van der Waals surface area contributed by atoms with Crippen LogP contribution in [-0.2, 0) is 0 Å². The Morgan fingerprint density at radius 2 is 2.21 bits per heavy atom. The number of carbonyl (C=O) groups is 1. The summed E-state index contributed by atoms with van der Waals surface area (Å²) in [4.78, 5) is 13.8. The average molecular weight is 263 g/mol. The first kappa shape index (κ1) is 15.0. The third kappa shape index (κ3) is 4.25. The molecule has 0 unspecified atom stereocenters. The van der Waals surface area contributed by atoms with Crippen molar-refractivity contribution in [2.24, 2.45) is 5.92 Å². The van der Waals surface area contributed by atoms with Crippen LogP contribution in [-0.4, -0.2) is 23.9 Å². The smallest absolute Gasteiger partial charge is 0.256 e. The lowest BCUT2D eigenvalue weighted by atomic mass is 10.1. The summed E-state index contributed by atoms with van der Waals surface area (Å²) >= 11 is 0. The largest absolute Gasteiger partial charge is 0.399 e. The van der Waals surface area contributed by atoms with Crippen molar-refractivity contribution in [1.82, 2.24) is 4.90 Å². The van der Waals surface area contributed by atoms with Gasteiger partial charge in [-0.25, -0.2) is 4.39 Å². The molecular formula is C14H18FN3O. The van der Waals surface area contributed by atoms with Crippen LogP contribution in [0.3, 0.4) is 0 Å². The van der Waals surface area contributed by atoms with E-state index in [1.54, 1.807) is 0 Å². The number of nitriles is 1. The summed E-state index contributed by atoms with van der Waals surface area (Å²) in [7, 11) is 0. The standard InChI is InChI=1S/C14H18FN3O/c1-10(2)9-18(7-3-6-16)14(19)12-8-11(17)4-5-13(12)15/h4-5,8,10H,3,7,9,17H2,1-2H3. The molecule has 0 aliphatic rings. The van der Waals surface area contributed by atoms with Gasteiger partial charge in [0.1, 0.15) is 5.82 Å². The van der Waals surface area contributed by atoms with Crippen LogP contribution in [0.5, 0.6) is 0 Å². The van der Waals surface area contributed by atoms with Crippen molar-refractivity contribution < 1.29 is 9.18 Å². The Morgan fingerprint density at radius 1 is 1.53 bits per heavy atom. The molecule has 1 rings (SSSR count). The monoisotopic (exact) mass is 263 g/mol. The number of anilines is 1. The van der Waals surface area contributed by atoms with Crippen LogP contribution in [0.2, 0.25) is 0 Å². The molecule has 0 bridgehead atoms. The van der Waals surface area contributed by atoms with Crippen molar-refractivity contribution >= 4 is 11.6 Å². The highest BCUT2D eigenvalue weighted by Crippen LogP contribution is 2.15. The number of carbonyl (C=O) groups excluding carboxylic acids is 1. The molecule has 1 aromatic carbocycles. The molecule has 1 aromatic rings. The Morgan fingerprint density at radius 3 is 2.79 bits per heavy atom. The normalized spacial score (nSPS) is 10.3. The Hall–Kier alpha value is -2.09. The van der Waals surface area contributed by atoms with E-state index in [2.05, 4.69) is 0 Å². The molecule has 19 heavy (non-hydrogen) atoms. The van der Waals surface area contributed by atoms with E-state index < -0.39 is 11.7 Å². The number of benzene rings is 1. The third-order valence-corrected chi connectivity index (χ3v) is 2.59. The number of nitrogens with two attached hydrogens (primary N) is 1. The molecule has 4 nitrogen and oxygen atoms in total. The van der Waals surface area contributed by atoms with Gasteiger partial charge in [-0.3, -0.25) is 4.79 Å². The molecule has 0 atom stereocenters. The fourth-order valence-electron chi connectivity index (χ4n) is 1.78. The summed E-state index contributed by atoms with van der Waals surface area (Å²) in [5, 5.41) is 8.62. The van der Waals surface area contributed by atoms with E-state index in [9.17, 15) is 9.18 Å². The van der Waals surface area contributed by atoms with Crippen LogP contribution in [0.25, 0.3) is 0 Å². The summed E-state index contributed by atoms with van der Waals surface area (Å²) in [5.41, 5.74) is 5.88. The summed E-state index contributed by atoms with van der Waals surface area (Å²) in [6.07, 6.45) is 0.225. The maximum Gasteiger partial charge on any atom is 0.256 e. The molecule has 2 N–H and O–H groups in total. The SMILES string of the molecule is CC(C)CN(CCC#N)C(=O)c1cc(N)ccc1F. The second-order valence-corrected chi connectivity index (χ2v) is 4.79. The maximum atomic E-state index is 13.7. The quantitative estimate of drug-likeness (QED) is 0.829. The molecule has 0 fully saturated rings. The van der Waals surface area contributed by atoms with Crippen molar-refractivity contribution in [3.63, 3.8) is 0 Å². The molecule has 0 spiro atoms. The first-order chi connectivity index (χ1) is 8.95. The van der Waals surface area contributed by atoms with Gasteiger partial charge in [0.05, 0.1) is 18.1 Å². The summed E-state index contributed by atoms with van der Waals surface area (Å²) in [5.74, 6) is -0.773. The Kier molecular flexibility index (Phi) is 5.31. The highest BCUT2D eigenvalue weighted by Gasteiger charge is 2.20. The molecule has 0 saturated carbocycles. The summed E-state index contributed by atoms with van der Waals surface area (Å²) in [6.45, 7) is 4.70. The van der Waals surface area contributed by atoms with E-state index in [0.717, 1.165) is 0 Å². The lowest BCUT2D eigenvalue weighted by molar-refractivity contribution is 0.0735. The molecule has 0 saturated heterocycles. The van der Waals surface area contributed by atoms with Gasteiger partial charge in [0.2, 0.25) is 0 Å². The molecule has 0 heterocycles. The fourth-order valence-corrected chi connectivity index (χ4v) is 1.78. The Balaban J connectivity index is 2.97. The topological polar surface area (TPSA) is 70.1 Å². The van der Waals surface area contributed by atoms with Crippen LogP contribution >= 0.6 is 0 Å². The van der Waals surface area contributed by atoms with E-state index in [-0.39, 0.29) is 17.9 Å². The van der Waals surface area contributed by atoms with Gasteiger partial charge in [-0.05, 0) is 24.1 Å². The van der Waals surface area contributed by atoms with Crippen molar-refractivity contribution in [3.8, 4) is 6.07 Å². The number of hydrogen-bond donors (Lipinski definition) is 1. The van der Waals surface area contributed by atoms with Crippen molar-refractivity contribution in [2.75, 3.05) is 18.8 Å². The van der Waals surface area contributed by atoms with Gasteiger partial charge in [-0.1, -0.05) is 13.8 Å². The second kappa shape index (κ2) is 6.74. The van der Waals surface area contributed by atoms with Gasteiger partial charge in [0.25, 0.3) is 5.91 Å². The van der Waals surface area contributed by atoms with Crippen LogP contribution in [0.15, 0.2) is 18.2 Å². The molecule has 0 aromatic heterocycles. The highest BCUT2D eigenvalue weighted by molar-refractivity contribution is 5.95. The number of halogens is 1. The lowest BCUT2D eigenvalue weighted by Crippen LogP contribution is -2.35. The minimum Gasteiger partial charge on any atom is -0.399 e. The lowest BCUT2D eigenvalue weighted by Gasteiger charge is -2.24. The van der Waals surface area contributed by atoms with E-state index in [4.69, 9.17) is 11.0 Å². The van der Waals surface area contributed by atoms with E-state index in [0.29, 0.717) is 18.8 Å². The van der Waals surface area contributed by atoms with Crippen molar-refractivity contribution in [3.05, 3.63) is 29.6 Å². The van der Waals surface area contributed by atoms with Crippen molar-refractivity contribution in [2.45, 2.75) is 20.3 Å². The van der Waals surface area contributed by atoms with Crippen LogP contribution in [0, 0.1) is 23.1 Å². The van der Waals surface area contributed by atoms with Crippen LogP contribution < -0.4 is 5.73 Å². The first-order valence-electron chi connectivity index (χ1n) is 6.17. The Bertz CT molecular complexity index is 494. The zero-order valence-electron chi connectivity index (χ0n) is 11.2. The van der Waals surface area contributed by atoms with Gasteiger partial charge >= 0.3 is 0 Å². The van der Waals surface area contributed by atoms with Gasteiger partial charge in [-0.15, -0.1) is 0 Å². The second-order valence-electron chi connectivity index (χ2n) is 4.79.